The van der Waals surface area contributed by atoms with Gasteiger partial charge in [0.15, 0.2) is 5.60 Å². The van der Waals surface area contributed by atoms with Crippen LogP contribution in [0.15, 0.2) is 11.6 Å². The van der Waals surface area contributed by atoms with E-state index in [-0.39, 0.29) is 29.9 Å². The largest absolute Gasteiger partial charge is 0.462 e. The Morgan fingerprint density at radius 3 is 2.74 bits per heavy atom. The van der Waals surface area contributed by atoms with Gasteiger partial charge in [-0.25, -0.2) is 4.79 Å². The van der Waals surface area contributed by atoms with E-state index in [4.69, 9.17) is 9.47 Å². The van der Waals surface area contributed by atoms with Crippen molar-refractivity contribution in [1.29, 1.82) is 0 Å². The number of carbonyl (C=O) groups is 2. The molecule has 6 rings (SSSR count). The number of cyclic esters (lactones) is 1. The molecule has 0 N–H and O–H groups in total. The predicted molar refractivity (Wildman–Crippen MR) is 82.5 cm³/mol. The van der Waals surface area contributed by atoms with Crippen LogP contribution in [0.1, 0.15) is 52.9 Å². The average Bonchev–Trinajstić information content (AvgIpc) is 2.70. The van der Waals surface area contributed by atoms with Gasteiger partial charge in [-0.15, -0.1) is 0 Å². The van der Waals surface area contributed by atoms with Crippen LogP contribution in [0.4, 0.5) is 0 Å². The zero-order valence-corrected chi connectivity index (χ0v) is 14.1. The van der Waals surface area contributed by atoms with Crippen molar-refractivity contribution < 1.29 is 19.1 Å². The van der Waals surface area contributed by atoms with Crippen LogP contribution in [-0.2, 0) is 19.1 Å². The van der Waals surface area contributed by atoms with Crippen molar-refractivity contribution in [3.05, 3.63) is 11.6 Å². The first-order valence-corrected chi connectivity index (χ1v) is 8.87. The zero-order valence-electron chi connectivity index (χ0n) is 14.1. The summed E-state index contributed by atoms with van der Waals surface area (Å²) in [5, 5.41) is 0. The van der Waals surface area contributed by atoms with Gasteiger partial charge < -0.3 is 9.47 Å². The molecule has 124 valence electrons. The van der Waals surface area contributed by atoms with Gasteiger partial charge in [-0.1, -0.05) is 25.5 Å². The van der Waals surface area contributed by atoms with E-state index in [2.05, 4.69) is 26.8 Å². The molecule has 2 saturated carbocycles. The summed E-state index contributed by atoms with van der Waals surface area (Å²) in [5.41, 5.74) is -0.847. The fourth-order valence-corrected chi connectivity index (χ4v) is 6.63. The van der Waals surface area contributed by atoms with Gasteiger partial charge in [-0.2, -0.15) is 0 Å². The molecule has 0 amide bonds. The van der Waals surface area contributed by atoms with Crippen LogP contribution in [-0.4, -0.2) is 30.1 Å². The summed E-state index contributed by atoms with van der Waals surface area (Å²) in [6, 6.07) is 0. The van der Waals surface area contributed by atoms with Crippen molar-refractivity contribution in [3.63, 3.8) is 0 Å². The summed E-state index contributed by atoms with van der Waals surface area (Å²) in [7, 11) is 0. The molecule has 4 bridgehead atoms. The minimum absolute atomic E-state index is 0.110. The maximum atomic E-state index is 13.2. The van der Waals surface area contributed by atoms with Crippen molar-refractivity contribution in [1.82, 2.24) is 0 Å². The second-order valence-electron chi connectivity index (χ2n) is 9.08. The van der Waals surface area contributed by atoms with E-state index < -0.39 is 16.4 Å². The summed E-state index contributed by atoms with van der Waals surface area (Å²) in [6.07, 6.45) is 6.05. The lowest BCUT2D eigenvalue weighted by atomic mass is 9.41. The highest BCUT2D eigenvalue weighted by molar-refractivity contribution is 5.95. The molecular weight excluding hydrogens is 292 g/mol. The Kier molecular flexibility index (Phi) is 2.31. The second kappa shape index (κ2) is 3.74. The number of allylic oxidation sites excluding steroid dienone is 1. The quantitative estimate of drug-likeness (QED) is 0.509. The lowest BCUT2D eigenvalue weighted by Crippen LogP contribution is -2.69. The fraction of sp³-hybridized carbons (Fsp3) is 0.789. The molecule has 4 fully saturated rings. The molecule has 2 aliphatic heterocycles. The molecule has 2 saturated heterocycles. The van der Waals surface area contributed by atoms with Crippen molar-refractivity contribution >= 4 is 11.8 Å². The van der Waals surface area contributed by atoms with Gasteiger partial charge in [0.1, 0.15) is 17.8 Å². The van der Waals surface area contributed by atoms with Crippen molar-refractivity contribution in [2.45, 2.75) is 64.6 Å². The van der Waals surface area contributed by atoms with Crippen LogP contribution in [0.2, 0.25) is 0 Å². The van der Waals surface area contributed by atoms with Gasteiger partial charge in [0.05, 0.1) is 6.10 Å². The number of rotatable bonds is 0. The monoisotopic (exact) mass is 316 g/mol. The van der Waals surface area contributed by atoms with Gasteiger partial charge >= 0.3 is 5.97 Å². The Bertz CT molecular complexity index is 677. The lowest BCUT2D eigenvalue weighted by molar-refractivity contribution is -0.202. The molecule has 0 aromatic carbocycles. The smallest absolute Gasteiger partial charge is 0.339 e. The molecule has 0 aromatic heterocycles. The predicted octanol–water partition coefficient (Wildman–Crippen LogP) is 2.80. The first-order valence-electron chi connectivity index (χ1n) is 8.87. The number of Topliss-reactive ketones (excluding diaryl/α,β-unsaturated/α-hetero) is 1. The molecule has 4 heteroatoms. The third-order valence-corrected chi connectivity index (χ3v) is 7.79. The van der Waals surface area contributed by atoms with E-state index in [9.17, 15) is 9.59 Å². The Morgan fingerprint density at radius 2 is 2.00 bits per heavy atom. The Morgan fingerprint density at radius 1 is 1.22 bits per heavy atom. The zero-order chi connectivity index (χ0) is 16.3. The van der Waals surface area contributed by atoms with E-state index >= 15 is 0 Å². The van der Waals surface area contributed by atoms with Crippen molar-refractivity contribution in [3.8, 4) is 0 Å². The van der Waals surface area contributed by atoms with Crippen LogP contribution >= 0.6 is 0 Å². The highest BCUT2D eigenvalue weighted by atomic mass is 16.6. The standard InChI is InChI=1S/C19H24O4/c1-11-8-17-7-4-12(11)9-19(17)15(21)22-10-18(17)13(20)5-6-16(2,3)14(18)23-19/h8,12,14H,4-7,9-10H2,1-3H3/t12-,14+,17-,18-,19+/m1/s1. The molecule has 23 heavy (non-hydrogen) atoms. The van der Waals surface area contributed by atoms with Crippen LogP contribution < -0.4 is 0 Å². The van der Waals surface area contributed by atoms with E-state index in [1.165, 1.54) is 5.57 Å². The van der Waals surface area contributed by atoms with Crippen molar-refractivity contribution in [2.24, 2.45) is 22.2 Å². The first-order chi connectivity index (χ1) is 10.8. The molecule has 4 aliphatic carbocycles. The third-order valence-electron chi connectivity index (χ3n) is 7.79. The van der Waals surface area contributed by atoms with Gasteiger partial charge in [0.25, 0.3) is 0 Å². The number of fused-ring (bicyclic) bond motifs is 1. The van der Waals surface area contributed by atoms with Crippen LogP contribution in [0.5, 0.6) is 0 Å². The fourth-order valence-electron chi connectivity index (χ4n) is 6.63. The number of ketones is 1. The highest BCUT2D eigenvalue weighted by Crippen LogP contribution is 2.75. The topological polar surface area (TPSA) is 52.6 Å². The minimum Gasteiger partial charge on any atom is -0.462 e. The maximum Gasteiger partial charge on any atom is 0.339 e. The van der Waals surface area contributed by atoms with Gasteiger partial charge in [0.2, 0.25) is 0 Å². The Hall–Kier alpha value is -1.16. The molecule has 0 radical (unpaired) electrons. The average molecular weight is 316 g/mol. The van der Waals surface area contributed by atoms with Crippen LogP contribution in [0.25, 0.3) is 0 Å². The maximum absolute atomic E-state index is 13.2. The van der Waals surface area contributed by atoms with Gasteiger partial charge in [-0.05, 0) is 43.9 Å². The summed E-state index contributed by atoms with van der Waals surface area (Å²) < 4.78 is 12.2. The van der Waals surface area contributed by atoms with E-state index in [0.717, 1.165) is 19.3 Å². The van der Waals surface area contributed by atoms with Crippen LogP contribution in [0, 0.1) is 22.2 Å². The Labute approximate surface area is 136 Å². The Balaban J connectivity index is 1.84. The summed E-state index contributed by atoms with van der Waals surface area (Å²) in [4.78, 5) is 26.1. The number of esters is 1. The molecule has 2 spiro atoms. The molecule has 0 aromatic rings. The SMILES string of the molecule is CC1=C[C@@]23CC[C@@H]1C[C@@]21O[C@H]2C(C)(C)CCC(=O)[C@]23COC1=O. The van der Waals surface area contributed by atoms with Gasteiger partial charge in [0, 0.05) is 11.8 Å². The third kappa shape index (κ3) is 1.22. The molecule has 0 unspecified atom stereocenters. The van der Waals surface area contributed by atoms with E-state index in [0.29, 0.717) is 18.8 Å². The second-order valence-corrected chi connectivity index (χ2v) is 9.08. The highest BCUT2D eigenvalue weighted by Gasteiger charge is 2.84. The number of hydrogen-bond donors (Lipinski definition) is 0. The molecule has 2 heterocycles. The normalized spacial score (nSPS) is 52.6. The van der Waals surface area contributed by atoms with E-state index in [1.807, 2.05) is 0 Å². The number of hydrogen-bond acceptors (Lipinski definition) is 4. The first kappa shape index (κ1) is 14.2. The molecule has 4 nitrogen and oxygen atoms in total. The summed E-state index contributed by atoms with van der Waals surface area (Å²) >= 11 is 0. The van der Waals surface area contributed by atoms with Gasteiger partial charge in [-0.3, -0.25) is 4.79 Å². The number of ether oxygens (including phenoxy) is 2. The minimum atomic E-state index is -0.921. The number of carbonyl (C=O) groups excluding carboxylic acids is 2. The molecule has 5 atom stereocenters. The molecule has 6 aliphatic rings. The lowest BCUT2D eigenvalue weighted by Gasteiger charge is -2.60. The van der Waals surface area contributed by atoms with E-state index in [1.54, 1.807) is 0 Å². The molecular formula is C19H24O4. The summed E-state index contributed by atoms with van der Waals surface area (Å²) in [6.45, 7) is 6.72. The van der Waals surface area contributed by atoms with Crippen LogP contribution in [0.3, 0.4) is 0 Å². The van der Waals surface area contributed by atoms with Crippen molar-refractivity contribution in [2.75, 3.05) is 6.61 Å². The summed E-state index contributed by atoms with van der Waals surface area (Å²) in [5.74, 6) is 0.410.